The molecule has 6 nitrogen and oxygen atoms in total. The van der Waals surface area contributed by atoms with Crippen LogP contribution in [0.4, 0.5) is 0 Å². The monoisotopic (exact) mass is 512 g/mol. The van der Waals surface area contributed by atoms with Crippen molar-refractivity contribution < 1.29 is 23.5 Å². The molecule has 0 amide bonds. The van der Waals surface area contributed by atoms with Crippen LogP contribution in [0.1, 0.15) is 97.0 Å². The maximum atomic E-state index is 13.1. The molecule has 3 rings (SSSR count). The number of hydrogen-bond acceptors (Lipinski definition) is 6. The molecule has 5 atom stereocenters. The first kappa shape index (κ1) is 28.9. The van der Waals surface area contributed by atoms with E-state index in [0.717, 1.165) is 44.1 Å². The first-order chi connectivity index (χ1) is 17.2. The lowest BCUT2D eigenvalue weighted by Gasteiger charge is -2.61. The van der Waals surface area contributed by atoms with Crippen molar-refractivity contribution in [1.82, 2.24) is 0 Å². The molecule has 2 aliphatic rings. The predicted molar refractivity (Wildman–Crippen MR) is 144 cm³/mol. The van der Waals surface area contributed by atoms with Gasteiger partial charge in [-0.2, -0.15) is 0 Å². The highest BCUT2D eigenvalue weighted by Gasteiger charge is 2.58. The summed E-state index contributed by atoms with van der Waals surface area (Å²) in [6, 6.07) is 0. The lowest BCUT2D eigenvalue weighted by molar-refractivity contribution is -0.178. The van der Waals surface area contributed by atoms with Crippen molar-refractivity contribution in [2.24, 2.45) is 22.7 Å². The third-order valence-corrected chi connectivity index (χ3v) is 9.15. The maximum Gasteiger partial charge on any atom is 0.342 e. The second-order valence-corrected chi connectivity index (χ2v) is 11.9. The van der Waals surface area contributed by atoms with E-state index in [-0.39, 0.29) is 34.7 Å². The Morgan fingerprint density at radius 1 is 1.11 bits per heavy atom. The molecule has 1 aromatic heterocycles. The van der Waals surface area contributed by atoms with Gasteiger partial charge in [-0.1, -0.05) is 37.6 Å². The number of hydrogen-bond donors (Lipinski definition) is 0. The summed E-state index contributed by atoms with van der Waals surface area (Å²) in [6.07, 6.45) is 7.78. The summed E-state index contributed by atoms with van der Waals surface area (Å²) in [6.45, 7) is 19.6. The first-order valence-corrected chi connectivity index (χ1v) is 13.5. The molecule has 0 unspecified atom stereocenters. The minimum absolute atomic E-state index is 0.00613. The Kier molecular flexibility index (Phi) is 8.60. The van der Waals surface area contributed by atoms with Gasteiger partial charge in [0.05, 0.1) is 5.56 Å². The summed E-state index contributed by atoms with van der Waals surface area (Å²) >= 11 is 0. The highest BCUT2D eigenvalue weighted by Crippen LogP contribution is 2.63. The third-order valence-electron chi connectivity index (χ3n) is 9.15. The Balaban J connectivity index is 2.07. The fourth-order valence-corrected chi connectivity index (χ4v) is 7.17. The summed E-state index contributed by atoms with van der Waals surface area (Å²) in [4.78, 5) is 37.1. The van der Waals surface area contributed by atoms with Gasteiger partial charge in [0.1, 0.15) is 17.6 Å². The number of esters is 2. The molecule has 0 bridgehead atoms. The minimum Gasteiger partial charge on any atom is -0.462 e. The average molecular weight is 513 g/mol. The second-order valence-electron chi connectivity index (χ2n) is 11.9. The molecule has 6 heteroatoms. The molecule has 0 aromatic carbocycles. The molecule has 37 heavy (non-hydrogen) atoms. The van der Waals surface area contributed by atoms with E-state index >= 15 is 0 Å². The number of fused-ring (bicyclic) bond motifs is 1. The standard InChI is InChI=1S/C31H44O6/c1-18(2)11-10-15-31(9)26-13-12-19(3)25(30(26,8)16-14-27(31)36-22(6)32)17-24-28(37-23(7)33)20(4)21(5)35-29(24)34/h11,25-27H,3,10,12-17H2,1-2,4-9H3/t25-,26-,27+,30-,31+/m1/s1. The quantitative estimate of drug-likeness (QED) is 0.295. The van der Waals surface area contributed by atoms with Gasteiger partial charge in [-0.05, 0) is 89.9 Å². The van der Waals surface area contributed by atoms with Crippen LogP contribution in [0.2, 0.25) is 0 Å². The zero-order valence-corrected chi connectivity index (χ0v) is 23.9. The van der Waals surface area contributed by atoms with Crippen LogP contribution >= 0.6 is 0 Å². The molecule has 0 radical (unpaired) electrons. The number of carbonyl (C=O) groups is 2. The first-order valence-electron chi connectivity index (χ1n) is 13.5. The number of carbonyl (C=O) groups excluding carboxylic acids is 2. The lowest BCUT2D eigenvalue weighted by atomic mass is 9.45. The summed E-state index contributed by atoms with van der Waals surface area (Å²) < 4.78 is 17.1. The van der Waals surface area contributed by atoms with Gasteiger partial charge in [0.15, 0.2) is 0 Å². The van der Waals surface area contributed by atoms with Crippen LogP contribution in [-0.4, -0.2) is 18.0 Å². The van der Waals surface area contributed by atoms with Gasteiger partial charge in [0.25, 0.3) is 0 Å². The molecule has 0 spiro atoms. The zero-order valence-electron chi connectivity index (χ0n) is 23.9. The van der Waals surface area contributed by atoms with Crippen molar-refractivity contribution in [1.29, 1.82) is 0 Å². The van der Waals surface area contributed by atoms with Gasteiger partial charge in [-0.15, -0.1) is 0 Å². The van der Waals surface area contributed by atoms with Crippen LogP contribution in [0.5, 0.6) is 5.75 Å². The van der Waals surface area contributed by atoms with Crippen LogP contribution in [0.3, 0.4) is 0 Å². The molecule has 1 heterocycles. The topological polar surface area (TPSA) is 82.8 Å². The molecule has 1 aromatic rings. The molecular weight excluding hydrogens is 468 g/mol. The van der Waals surface area contributed by atoms with E-state index in [0.29, 0.717) is 29.1 Å². The molecule has 204 valence electrons. The van der Waals surface area contributed by atoms with E-state index in [1.807, 2.05) is 6.92 Å². The third kappa shape index (κ3) is 5.78. The van der Waals surface area contributed by atoms with Gasteiger partial charge < -0.3 is 13.9 Å². The number of rotatable bonds is 7. The van der Waals surface area contributed by atoms with Crippen LogP contribution in [-0.2, 0) is 20.7 Å². The summed E-state index contributed by atoms with van der Waals surface area (Å²) in [5.41, 5.74) is 2.62. The molecule has 0 N–H and O–H groups in total. The van der Waals surface area contributed by atoms with Crippen LogP contribution in [0.25, 0.3) is 0 Å². The van der Waals surface area contributed by atoms with Crippen molar-refractivity contribution in [2.75, 3.05) is 0 Å². The van der Waals surface area contributed by atoms with Gasteiger partial charge in [-0.3, -0.25) is 9.59 Å². The summed E-state index contributed by atoms with van der Waals surface area (Å²) in [5, 5.41) is 0. The maximum absolute atomic E-state index is 13.1. The molecule has 2 fully saturated rings. The Morgan fingerprint density at radius 2 is 1.78 bits per heavy atom. The Morgan fingerprint density at radius 3 is 2.38 bits per heavy atom. The van der Waals surface area contributed by atoms with Crippen molar-refractivity contribution in [3.8, 4) is 5.75 Å². The lowest BCUT2D eigenvalue weighted by Crippen LogP contribution is -2.57. The SMILES string of the molecule is C=C1CC[C@H]2[C@](C)(CCC=C(C)C)[C@@H](OC(C)=O)CC[C@]2(C)[C@@H]1Cc1c(OC(C)=O)c(C)c(C)oc1=O. The van der Waals surface area contributed by atoms with E-state index in [9.17, 15) is 14.4 Å². The van der Waals surface area contributed by atoms with Crippen molar-refractivity contribution in [3.05, 3.63) is 51.1 Å². The highest BCUT2D eigenvalue weighted by atomic mass is 16.5. The second kappa shape index (κ2) is 11.0. The normalized spacial score (nSPS) is 29.3. The number of ether oxygens (including phenoxy) is 2. The Labute approximate surface area is 221 Å². The summed E-state index contributed by atoms with van der Waals surface area (Å²) in [7, 11) is 0. The Bertz CT molecular complexity index is 1150. The number of allylic oxidation sites excluding steroid dienone is 3. The molecule has 2 saturated carbocycles. The molecular formula is C31H44O6. The van der Waals surface area contributed by atoms with Crippen molar-refractivity contribution in [3.63, 3.8) is 0 Å². The van der Waals surface area contributed by atoms with E-state index in [2.05, 4.69) is 40.3 Å². The Hall–Kier alpha value is -2.63. The fraction of sp³-hybridized carbons (Fsp3) is 0.645. The number of aryl methyl sites for hydroxylation is 1. The van der Waals surface area contributed by atoms with Gasteiger partial charge in [0, 0.05) is 24.8 Å². The van der Waals surface area contributed by atoms with E-state index in [1.54, 1.807) is 6.92 Å². The van der Waals surface area contributed by atoms with Crippen LogP contribution in [0, 0.1) is 36.5 Å². The predicted octanol–water partition coefficient (Wildman–Crippen LogP) is 6.79. The fourth-order valence-electron chi connectivity index (χ4n) is 7.17. The van der Waals surface area contributed by atoms with E-state index in [1.165, 1.54) is 19.4 Å². The van der Waals surface area contributed by atoms with Gasteiger partial charge >= 0.3 is 17.6 Å². The van der Waals surface area contributed by atoms with Crippen molar-refractivity contribution >= 4 is 11.9 Å². The van der Waals surface area contributed by atoms with Crippen molar-refractivity contribution in [2.45, 2.75) is 106 Å². The van der Waals surface area contributed by atoms with Crippen LogP contribution < -0.4 is 10.4 Å². The summed E-state index contributed by atoms with van der Waals surface area (Å²) in [5.74, 6) is 0.346. The van der Waals surface area contributed by atoms with Crippen LogP contribution in [0.15, 0.2) is 33.0 Å². The van der Waals surface area contributed by atoms with Gasteiger partial charge in [-0.25, -0.2) is 4.79 Å². The highest BCUT2D eigenvalue weighted by molar-refractivity contribution is 5.70. The molecule has 2 aliphatic carbocycles. The molecule has 0 aliphatic heterocycles. The van der Waals surface area contributed by atoms with E-state index < -0.39 is 11.6 Å². The smallest absolute Gasteiger partial charge is 0.342 e. The van der Waals surface area contributed by atoms with E-state index in [4.69, 9.17) is 13.9 Å². The minimum atomic E-state index is -0.463. The largest absolute Gasteiger partial charge is 0.462 e. The van der Waals surface area contributed by atoms with Gasteiger partial charge in [0.2, 0.25) is 0 Å². The zero-order chi connectivity index (χ0) is 27.7. The molecule has 0 saturated heterocycles. The average Bonchev–Trinajstić information content (AvgIpc) is 2.77.